The second-order valence-electron chi connectivity index (χ2n) is 8.26. The third-order valence-corrected chi connectivity index (χ3v) is 6.00. The van der Waals surface area contributed by atoms with Crippen molar-refractivity contribution in [2.24, 2.45) is 11.3 Å². The zero-order valence-corrected chi connectivity index (χ0v) is 16.3. The molecule has 2 N–H and O–H groups in total. The lowest BCUT2D eigenvalue weighted by molar-refractivity contribution is -0.321. The van der Waals surface area contributed by atoms with Gasteiger partial charge in [-0.3, -0.25) is 23.9 Å². The molecule has 0 bridgehead atoms. The van der Waals surface area contributed by atoms with E-state index < -0.39 is 66.3 Å². The molecule has 3 atom stereocenters. The van der Waals surface area contributed by atoms with Gasteiger partial charge in [-0.15, -0.1) is 13.2 Å². The molecule has 3 aliphatic rings. The number of alkyl halides is 5. The highest BCUT2D eigenvalue weighted by molar-refractivity contribution is 5.94. The van der Waals surface area contributed by atoms with E-state index in [1.165, 1.54) is 0 Å². The number of carbonyl (C=O) groups is 4. The van der Waals surface area contributed by atoms with Crippen LogP contribution in [0.15, 0.2) is 0 Å². The number of Topliss-reactive ketones (excluding diaryl/α,β-unsaturated/α-hetero) is 1. The van der Waals surface area contributed by atoms with Crippen LogP contribution in [-0.4, -0.2) is 73.0 Å². The molecule has 0 aromatic carbocycles. The van der Waals surface area contributed by atoms with E-state index in [0.717, 1.165) is 4.90 Å². The Hall–Kier alpha value is -2.31. The van der Waals surface area contributed by atoms with Crippen molar-refractivity contribution in [2.75, 3.05) is 19.7 Å². The van der Waals surface area contributed by atoms with Crippen molar-refractivity contribution < 1.29 is 45.9 Å². The lowest BCUT2D eigenvalue weighted by atomic mass is 9.95. The molecule has 2 saturated heterocycles. The minimum Gasteiger partial charge on any atom is -0.356 e. The standard InChI is InChI=1S/C18H22F5N3O5/c19-13(20)16(30)26-8-17(2-3-17)6-11(26)15(29)25-10(5-9-1-4-24-14(9)28)12(27)7-31-18(21,22)23/h9-11,13H,1-8H2,(H,24,28)(H,25,29)/t9-,10-,11-/m0/s1. The summed E-state index contributed by atoms with van der Waals surface area (Å²) in [6.07, 6.45) is -6.88. The first-order valence-corrected chi connectivity index (χ1v) is 9.81. The van der Waals surface area contributed by atoms with E-state index in [9.17, 15) is 41.1 Å². The Morgan fingerprint density at radius 3 is 2.45 bits per heavy atom. The zero-order valence-electron chi connectivity index (χ0n) is 16.3. The predicted molar refractivity (Wildman–Crippen MR) is 92.5 cm³/mol. The van der Waals surface area contributed by atoms with E-state index in [4.69, 9.17) is 0 Å². The Morgan fingerprint density at radius 1 is 1.26 bits per heavy atom. The molecule has 3 amide bonds. The van der Waals surface area contributed by atoms with Crippen LogP contribution < -0.4 is 10.6 Å². The van der Waals surface area contributed by atoms with Crippen molar-refractivity contribution in [3.63, 3.8) is 0 Å². The first kappa shape index (κ1) is 23.4. The average molecular weight is 455 g/mol. The summed E-state index contributed by atoms with van der Waals surface area (Å²) in [5, 5.41) is 4.80. The average Bonchev–Trinajstić information content (AvgIpc) is 3.14. The van der Waals surface area contributed by atoms with Crippen LogP contribution in [0.2, 0.25) is 0 Å². The van der Waals surface area contributed by atoms with Crippen molar-refractivity contribution >= 4 is 23.5 Å². The molecule has 0 radical (unpaired) electrons. The molecule has 174 valence electrons. The van der Waals surface area contributed by atoms with Crippen molar-refractivity contribution in [1.29, 1.82) is 0 Å². The maximum Gasteiger partial charge on any atom is 0.522 e. The highest BCUT2D eigenvalue weighted by Crippen LogP contribution is 2.55. The Labute approximate surface area is 173 Å². The molecule has 1 saturated carbocycles. The number of rotatable bonds is 8. The second-order valence-corrected chi connectivity index (χ2v) is 8.26. The van der Waals surface area contributed by atoms with Gasteiger partial charge in [0.15, 0.2) is 5.78 Å². The highest BCUT2D eigenvalue weighted by atomic mass is 19.4. The molecule has 0 unspecified atom stereocenters. The van der Waals surface area contributed by atoms with Crippen molar-refractivity contribution in [1.82, 2.24) is 15.5 Å². The molecule has 8 nitrogen and oxygen atoms in total. The van der Waals surface area contributed by atoms with Gasteiger partial charge in [-0.2, -0.15) is 8.78 Å². The molecule has 0 aromatic rings. The Bertz CT molecular complexity index is 755. The molecule has 2 heterocycles. The summed E-state index contributed by atoms with van der Waals surface area (Å²) in [4.78, 5) is 49.6. The molecule has 0 aromatic heterocycles. The fourth-order valence-electron chi connectivity index (χ4n) is 4.13. The Morgan fingerprint density at radius 2 is 1.94 bits per heavy atom. The number of likely N-dealkylation sites (tertiary alicyclic amines) is 1. The van der Waals surface area contributed by atoms with Crippen LogP contribution in [0.5, 0.6) is 0 Å². The molecule has 2 aliphatic heterocycles. The van der Waals surface area contributed by atoms with Gasteiger partial charge >= 0.3 is 12.8 Å². The van der Waals surface area contributed by atoms with E-state index in [2.05, 4.69) is 15.4 Å². The maximum atomic E-state index is 13.0. The van der Waals surface area contributed by atoms with Gasteiger partial charge in [0.25, 0.3) is 5.91 Å². The molecule has 13 heteroatoms. The summed E-state index contributed by atoms with van der Waals surface area (Å²) >= 11 is 0. The predicted octanol–water partition coefficient (Wildman–Crippen LogP) is 0.749. The maximum absolute atomic E-state index is 13.0. The third-order valence-electron chi connectivity index (χ3n) is 6.00. The van der Waals surface area contributed by atoms with Crippen molar-refractivity contribution in [2.45, 2.75) is 57.0 Å². The van der Waals surface area contributed by atoms with Crippen molar-refractivity contribution in [3.8, 4) is 0 Å². The lowest BCUT2D eigenvalue weighted by Crippen LogP contribution is -2.53. The highest BCUT2D eigenvalue weighted by Gasteiger charge is 2.56. The number of ketones is 1. The fraction of sp³-hybridized carbons (Fsp3) is 0.778. The van der Waals surface area contributed by atoms with Gasteiger partial charge in [0.1, 0.15) is 12.6 Å². The second kappa shape index (κ2) is 8.67. The van der Waals surface area contributed by atoms with Crippen LogP contribution in [0.3, 0.4) is 0 Å². The smallest absolute Gasteiger partial charge is 0.356 e. The SMILES string of the molecule is O=C1NCC[C@H]1C[C@H](NC(=O)[C@@H]1CC2(CC2)CN1C(=O)C(F)F)C(=O)COC(F)(F)F. The van der Waals surface area contributed by atoms with Gasteiger partial charge in [-0.25, -0.2) is 0 Å². The number of halogens is 5. The molecular formula is C18H22F5N3O5. The summed E-state index contributed by atoms with van der Waals surface area (Å²) in [6.45, 7) is -1.08. The molecule has 1 spiro atoms. The monoisotopic (exact) mass is 455 g/mol. The number of nitrogens with zero attached hydrogens (tertiary/aromatic N) is 1. The Kier molecular flexibility index (Phi) is 6.53. The van der Waals surface area contributed by atoms with Gasteiger partial charge in [0.05, 0.1) is 6.04 Å². The minimum atomic E-state index is -5.07. The summed E-state index contributed by atoms with van der Waals surface area (Å²) < 4.78 is 66.4. The summed E-state index contributed by atoms with van der Waals surface area (Å²) in [6, 6.07) is -2.76. The number of carbonyl (C=O) groups excluding carboxylic acids is 4. The summed E-state index contributed by atoms with van der Waals surface area (Å²) in [5.74, 6) is -4.66. The zero-order chi connectivity index (χ0) is 23.0. The van der Waals surface area contributed by atoms with Crippen LogP contribution in [0, 0.1) is 11.3 Å². The van der Waals surface area contributed by atoms with Gasteiger partial charge in [-0.1, -0.05) is 0 Å². The summed E-state index contributed by atoms with van der Waals surface area (Å²) in [5.41, 5.74) is -0.420. The van der Waals surface area contributed by atoms with E-state index in [1.54, 1.807) is 0 Å². The van der Waals surface area contributed by atoms with Crippen molar-refractivity contribution in [3.05, 3.63) is 0 Å². The molecular weight excluding hydrogens is 433 g/mol. The normalized spacial score (nSPS) is 25.6. The largest absolute Gasteiger partial charge is 0.522 e. The molecule has 3 rings (SSSR count). The quantitative estimate of drug-likeness (QED) is 0.526. The first-order chi connectivity index (χ1) is 14.4. The van der Waals surface area contributed by atoms with E-state index >= 15 is 0 Å². The number of hydrogen-bond donors (Lipinski definition) is 2. The first-order valence-electron chi connectivity index (χ1n) is 9.81. The van der Waals surface area contributed by atoms with E-state index in [1.807, 2.05) is 0 Å². The minimum absolute atomic E-state index is 0.0188. The number of ether oxygens (including phenoxy) is 1. The summed E-state index contributed by atoms with van der Waals surface area (Å²) in [7, 11) is 0. The van der Waals surface area contributed by atoms with Crippen LogP contribution in [0.1, 0.15) is 32.1 Å². The van der Waals surface area contributed by atoms with Gasteiger partial charge in [0.2, 0.25) is 11.8 Å². The lowest BCUT2D eigenvalue weighted by Gasteiger charge is -2.26. The van der Waals surface area contributed by atoms with Crippen LogP contribution in [0.25, 0.3) is 0 Å². The molecule has 1 aliphatic carbocycles. The number of nitrogens with one attached hydrogen (secondary N) is 2. The molecule has 31 heavy (non-hydrogen) atoms. The van der Waals surface area contributed by atoms with Crippen LogP contribution in [0.4, 0.5) is 22.0 Å². The van der Waals surface area contributed by atoms with E-state index in [-0.39, 0.29) is 19.4 Å². The van der Waals surface area contributed by atoms with Crippen LogP contribution >= 0.6 is 0 Å². The van der Waals surface area contributed by atoms with Crippen LogP contribution in [-0.2, 0) is 23.9 Å². The van der Waals surface area contributed by atoms with Gasteiger partial charge in [-0.05, 0) is 37.5 Å². The topological polar surface area (TPSA) is 105 Å². The number of amides is 3. The fourth-order valence-corrected chi connectivity index (χ4v) is 4.13. The van der Waals surface area contributed by atoms with Gasteiger partial charge < -0.3 is 15.5 Å². The molecule has 3 fully saturated rings. The van der Waals surface area contributed by atoms with Gasteiger partial charge in [0, 0.05) is 19.0 Å². The third kappa shape index (κ3) is 5.69. The number of hydrogen-bond acceptors (Lipinski definition) is 5. The Balaban J connectivity index is 1.72. The van der Waals surface area contributed by atoms with E-state index in [0.29, 0.717) is 25.8 Å².